The van der Waals surface area contributed by atoms with Gasteiger partial charge in [-0.1, -0.05) is 12.1 Å². The minimum atomic E-state index is -0.216. The predicted molar refractivity (Wildman–Crippen MR) is 62.9 cm³/mol. The van der Waals surface area contributed by atoms with Gasteiger partial charge in [-0.2, -0.15) is 0 Å². The van der Waals surface area contributed by atoms with Crippen molar-refractivity contribution in [2.45, 2.75) is 13.1 Å². The Hall–Kier alpha value is -1.39. The SMILES string of the molecule is Cl.NCc1cn(Cc2cccc(F)c2)cn1. The van der Waals surface area contributed by atoms with Gasteiger partial charge in [-0.3, -0.25) is 0 Å². The van der Waals surface area contributed by atoms with Crippen molar-refractivity contribution < 1.29 is 4.39 Å². The summed E-state index contributed by atoms with van der Waals surface area (Å²) in [7, 11) is 0. The minimum Gasteiger partial charge on any atom is -0.333 e. The molecule has 0 unspecified atom stereocenters. The molecular weight excluding hydrogens is 229 g/mol. The summed E-state index contributed by atoms with van der Waals surface area (Å²) in [6, 6.07) is 6.53. The minimum absolute atomic E-state index is 0. The highest BCUT2D eigenvalue weighted by Gasteiger charge is 1.99. The number of benzene rings is 1. The van der Waals surface area contributed by atoms with Gasteiger partial charge in [0.05, 0.1) is 12.0 Å². The van der Waals surface area contributed by atoms with E-state index in [1.54, 1.807) is 12.4 Å². The maximum Gasteiger partial charge on any atom is 0.123 e. The van der Waals surface area contributed by atoms with E-state index in [4.69, 9.17) is 5.73 Å². The highest BCUT2D eigenvalue weighted by Crippen LogP contribution is 2.06. The summed E-state index contributed by atoms with van der Waals surface area (Å²) in [5, 5.41) is 0. The molecule has 0 fully saturated rings. The van der Waals surface area contributed by atoms with Crippen LogP contribution in [0, 0.1) is 5.82 Å². The fourth-order valence-corrected chi connectivity index (χ4v) is 1.44. The summed E-state index contributed by atoms with van der Waals surface area (Å²) < 4.78 is 14.8. The first-order chi connectivity index (χ1) is 7.28. The van der Waals surface area contributed by atoms with Gasteiger partial charge in [-0.05, 0) is 17.7 Å². The summed E-state index contributed by atoms with van der Waals surface area (Å²) in [6.45, 7) is 1.04. The zero-order valence-corrected chi connectivity index (χ0v) is 9.45. The van der Waals surface area contributed by atoms with Crippen LogP contribution >= 0.6 is 12.4 Å². The van der Waals surface area contributed by atoms with Crippen LogP contribution < -0.4 is 5.73 Å². The van der Waals surface area contributed by atoms with Gasteiger partial charge < -0.3 is 10.3 Å². The van der Waals surface area contributed by atoms with E-state index in [0.717, 1.165) is 11.3 Å². The second kappa shape index (κ2) is 5.63. The van der Waals surface area contributed by atoms with Crippen LogP contribution in [0.4, 0.5) is 4.39 Å². The average Bonchev–Trinajstić information content (AvgIpc) is 2.65. The number of halogens is 2. The summed E-state index contributed by atoms with van der Waals surface area (Å²) in [5.74, 6) is -0.216. The molecule has 0 saturated carbocycles. The van der Waals surface area contributed by atoms with Crippen LogP contribution in [0.1, 0.15) is 11.3 Å². The number of imidazole rings is 1. The Balaban J connectivity index is 0.00000128. The van der Waals surface area contributed by atoms with E-state index >= 15 is 0 Å². The van der Waals surface area contributed by atoms with Crippen molar-refractivity contribution in [3.8, 4) is 0 Å². The Bertz CT molecular complexity index is 456. The third-order valence-electron chi connectivity index (χ3n) is 2.15. The lowest BCUT2D eigenvalue weighted by Gasteiger charge is -2.01. The Kier molecular flexibility index (Phi) is 4.46. The van der Waals surface area contributed by atoms with Gasteiger partial charge in [0.1, 0.15) is 5.82 Å². The Morgan fingerprint density at radius 1 is 1.38 bits per heavy atom. The summed E-state index contributed by atoms with van der Waals surface area (Å²) in [4.78, 5) is 4.10. The van der Waals surface area contributed by atoms with E-state index in [1.165, 1.54) is 12.1 Å². The zero-order chi connectivity index (χ0) is 10.7. The lowest BCUT2D eigenvalue weighted by Crippen LogP contribution is -1.98. The van der Waals surface area contributed by atoms with Crippen LogP contribution in [0.15, 0.2) is 36.8 Å². The molecule has 2 rings (SSSR count). The Labute approximate surface area is 99.5 Å². The van der Waals surface area contributed by atoms with Crippen LogP contribution in [-0.4, -0.2) is 9.55 Å². The lowest BCUT2D eigenvalue weighted by atomic mass is 10.2. The molecule has 0 aliphatic rings. The van der Waals surface area contributed by atoms with Gasteiger partial charge in [0.2, 0.25) is 0 Å². The lowest BCUT2D eigenvalue weighted by molar-refractivity contribution is 0.623. The second-order valence-electron chi connectivity index (χ2n) is 3.37. The van der Waals surface area contributed by atoms with Crippen molar-refractivity contribution in [1.82, 2.24) is 9.55 Å². The van der Waals surface area contributed by atoms with Crippen LogP contribution in [0.2, 0.25) is 0 Å². The number of rotatable bonds is 3. The molecule has 2 N–H and O–H groups in total. The zero-order valence-electron chi connectivity index (χ0n) is 8.64. The highest BCUT2D eigenvalue weighted by atomic mass is 35.5. The molecule has 16 heavy (non-hydrogen) atoms. The van der Waals surface area contributed by atoms with Gasteiger partial charge in [0.15, 0.2) is 0 Å². The van der Waals surface area contributed by atoms with Gasteiger partial charge in [0.25, 0.3) is 0 Å². The highest BCUT2D eigenvalue weighted by molar-refractivity contribution is 5.85. The fourth-order valence-electron chi connectivity index (χ4n) is 1.44. The monoisotopic (exact) mass is 241 g/mol. The molecule has 1 aromatic heterocycles. The molecule has 2 aromatic rings. The van der Waals surface area contributed by atoms with Crippen molar-refractivity contribution in [3.05, 3.63) is 53.9 Å². The molecule has 1 heterocycles. The van der Waals surface area contributed by atoms with E-state index in [-0.39, 0.29) is 18.2 Å². The molecule has 0 bridgehead atoms. The Morgan fingerprint density at radius 3 is 2.81 bits per heavy atom. The smallest absolute Gasteiger partial charge is 0.123 e. The van der Waals surface area contributed by atoms with E-state index < -0.39 is 0 Å². The standard InChI is InChI=1S/C11H12FN3.ClH/c12-10-3-1-2-9(4-10)6-15-7-11(5-13)14-8-15;/h1-4,7-8H,5-6,13H2;1H. The van der Waals surface area contributed by atoms with Crippen molar-refractivity contribution in [3.63, 3.8) is 0 Å². The number of hydrogen-bond donors (Lipinski definition) is 1. The quantitative estimate of drug-likeness (QED) is 0.893. The van der Waals surface area contributed by atoms with Crippen molar-refractivity contribution in [2.75, 3.05) is 0 Å². The number of nitrogens with zero attached hydrogens (tertiary/aromatic N) is 2. The first-order valence-electron chi connectivity index (χ1n) is 4.73. The Morgan fingerprint density at radius 2 is 2.19 bits per heavy atom. The molecule has 0 aliphatic carbocycles. The maximum absolute atomic E-state index is 12.9. The molecule has 0 atom stereocenters. The van der Waals surface area contributed by atoms with Gasteiger partial charge >= 0.3 is 0 Å². The first kappa shape index (κ1) is 12.7. The van der Waals surface area contributed by atoms with E-state index in [0.29, 0.717) is 13.1 Å². The molecule has 0 saturated heterocycles. The largest absolute Gasteiger partial charge is 0.333 e. The average molecular weight is 242 g/mol. The number of aromatic nitrogens is 2. The normalized spacial score (nSPS) is 9.88. The fraction of sp³-hybridized carbons (Fsp3) is 0.182. The molecule has 5 heteroatoms. The third-order valence-corrected chi connectivity index (χ3v) is 2.15. The van der Waals surface area contributed by atoms with Crippen molar-refractivity contribution in [2.24, 2.45) is 5.73 Å². The molecule has 86 valence electrons. The van der Waals surface area contributed by atoms with Crippen LogP contribution in [0.3, 0.4) is 0 Å². The molecule has 3 nitrogen and oxygen atoms in total. The van der Waals surface area contributed by atoms with Gasteiger partial charge in [0, 0.05) is 19.3 Å². The third kappa shape index (κ3) is 3.05. The first-order valence-corrected chi connectivity index (χ1v) is 4.73. The van der Waals surface area contributed by atoms with Gasteiger partial charge in [-0.15, -0.1) is 12.4 Å². The van der Waals surface area contributed by atoms with Crippen LogP contribution in [0.5, 0.6) is 0 Å². The molecule has 0 aliphatic heterocycles. The summed E-state index contributed by atoms with van der Waals surface area (Å²) in [5.41, 5.74) is 7.20. The summed E-state index contributed by atoms with van der Waals surface area (Å²) in [6.07, 6.45) is 3.57. The molecular formula is C11H13ClFN3. The molecule has 1 aromatic carbocycles. The number of hydrogen-bond acceptors (Lipinski definition) is 2. The topological polar surface area (TPSA) is 43.8 Å². The van der Waals surface area contributed by atoms with E-state index in [2.05, 4.69) is 4.98 Å². The molecule has 0 amide bonds. The van der Waals surface area contributed by atoms with Crippen molar-refractivity contribution >= 4 is 12.4 Å². The van der Waals surface area contributed by atoms with Crippen LogP contribution in [0.25, 0.3) is 0 Å². The second-order valence-corrected chi connectivity index (χ2v) is 3.37. The van der Waals surface area contributed by atoms with E-state index in [1.807, 2.05) is 16.8 Å². The summed E-state index contributed by atoms with van der Waals surface area (Å²) >= 11 is 0. The van der Waals surface area contributed by atoms with Crippen LogP contribution in [-0.2, 0) is 13.1 Å². The van der Waals surface area contributed by atoms with Gasteiger partial charge in [-0.25, -0.2) is 9.37 Å². The molecule has 0 radical (unpaired) electrons. The maximum atomic E-state index is 12.9. The van der Waals surface area contributed by atoms with E-state index in [9.17, 15) is 4.39 Å². The predicted octanol–water partition coefficient (Wildman–Crippen LogP) is 1.95. The molecule has 0 spiro atoms. The number of nitrogens with two attached hydrogens (primary N) is 1. The van der Waals surface area contributed by atoms with Crippen molar-refractivity contribution in [1.29, 1.82) is 0 Å².